The number of carbonyl (C=O) groups excluding carboxylic acids is 13. The number of likely N-dealkylation sites (tertiary alicyclic amines) is 1. The second-order valence-corrected chi connectivity index (χ2v) is 29.9. The first-order valence-corrected chi connectivity index (χ1v) is 39.6. The van der Waals surface area contributed by atoms with Crippen molar-refractivity contribution >= 4 is 99.2 Å². The van der Waals surface area contributed by atoms with Gasteiger partial charge in [-0.3, -0.25) is 77.3 Å². The molecule has 10 atom stereocenters. The third-order valence-corrected chi connectivity index (χ3v) is 19.5. The molecule has 0 spiro atoms. The van der Waals surface area contributed by atoms with Gasteiger partial charge in [0, 0.05) is 87.4 Å². The lowest BCUT2D eigenvalue weighted by atomic mass is 9.99. The summed E-state index contributed by atoms with van der Waals surface area (Å²) < 4.78 is 0. The molecule has 1 saturated heterocycles. The van der Waals surface area contributed by atoms with Crippen LogP contribution in [0, 0.1) is 5.92 Å². The van der Waals surface area contributed by atoms with Crippen molar-refractivity contribution in [2.24, 2.45) is 11.7 Å². The number of fused-ring (bicyclic) bond motifs is 1. The minimum atomic E-state index is -1.83. The number of hydrogen-bond acceptors (Lipinski definition) is 18. The number of aromatic nitrogens is 3. The van der Waals surface area contributed by atoms with E-state index in [9.17, 15) is 57.8 Å². The second kappa shape index (κ2) is 47.4. The number of nitrogens with two attached hydrogens (primary N) is 1. The molecule has 115 heavy (non-hydrogen) atoms. The minimum absolute atomic E-state index is 0.0223. The number of hydrogen-bond donors (Lipinski definition) is 14. The zero-order valence-electron chi connectivity index (χ0n) is 66.1. The third kappa shape index (κ3) is 31.2. The van der Waals surface area contributed by atoms with Crippen molar-refractivity contribution in [1.29, 1.82) is 0 Å². The molecule has 0 saturated carbocycles. The Bertz CT molecular complexity index is 4220. The van der Waals surface area contributed by atoms with Crippen LogP contribution in [0.25, 0.3) is 10.8 Å². The van der Waals surface area contributed by atoms with Gasteiger partial charge < -0.3 is 79.5 Å². The van der Waals surface area contributed by atoms with E-state index in [2.05, 4.69) is 78.8 Å². The smallest absolute Gasteiger partial charge is 0.269 e. The van der Waals surface area contributed by atoms with Gasteiger partial charge in [0.15, 0.2) is 0 Å². The number of amides is 13. The highest BCUT2D eigenvalue weighted by atomic mass is 35.5. The van der Waals surface area contributed by atoms with Crippen molar-refractivity contribution in [2.45, 2.75) is 211 Å². The maximum atomic E-state index is 15.2. The Morgan fingerprint density at radius 3 is 1.62 bits per heavy atom. The van der Waals surface area contributed by atoms with E-state index in [1.54, 1.807) is 72.9 Å². The van der Waals surface area contributed by atoms with E-state index in [1.807, 2.05) is 70.2 Å². The fourth-order valence-electron chi connectivity index (χ4n) is 13.1. The van der Waals surface area contributed by atoms with Crippen LogP contribution in [0.3, 0.4) is 0 Å². The zero-order valence-corrected chi connectivity index (χ0v) is 66.8. The first-order chi connectivity index (χ1) is 55.1. The van der Waals surface area contributed by atoms with Crippen molar-refractivity contribution in [2.75, 3.05) is 32.8 Å². The highest BCUT2D eigenvalue weighted by Crippen LogP contribution is 2.23. The summed E-state index contributed by atoms with van der Waals surface area (Å²) in [7, 11) is 0. The van der Waals surface area contributed by atoms with Gasteiger partial charge in [-0.2, -0.15) is 0 Å². The fraction of sp³-hybridized carbons (Fsp3) is 0.470. The Hall–Kier alpha value is -11.3. The highest BCUT2D eigenvalue weighted by molar-refractivity contribution is 6.30. The number of nitrogens with zero attached hydrogens (tertiary/aromatic N) is 4. The molecule has 0 radical (unpaired) electrons. The number of halogens is 1. The van der Waals surface area contributed by atoms with Crippen LogP contribution in [0.5, 0.6) is 0 Å². The van der Waals surface area contributed by atoms with E-state index >= 15 is 9.59 Å². The monoisotopic (exact) mass is 1600 g/mol. The molecular weight excluding hydrogens is 1490 g/mol. The van der Waals surface area contributed by atoms with E-state index in [4.69, 9.17) is 17.3 Å². The Kier molecular flexibility index (Phi) is 37.5. The van der Waals surface area contributed by atoms with Crippen molar-refractivity contribution in [3.63, 3.8) is 0 Å². The lowest BCUT2D eigenvalue weighted by molar-refractivity contribution is -0.142. The Morgan fingerprint density at radius 1 is 0.513 bits per heavy atom. The van der Waals surface area contributed by atoms with Crippen LogP contribution >= 0.6 is 11.6 Å². The van der Waals surface area contributed by atoms with Crippen LogP contribution in [0.1, 0.15) is 151 Å². The van der Waals surface area contributed by atoms with Gasteiger partial charge in [0.1, 0.15) is 66.1 Å². The molecule has 15 N–H and O–H groups in total. The summed E-state index contributed by atoms with van der Waals surface area (Å²) in [6, 6.07) is 19.6. The molecule has 618 valence electrons. The molecule has 0 bridgehead atoms. The molecule has 3 aromatic carbocycles. The number of primary amides is 1. The minimum Gasteiger partial charge on any atom is -0.394 e. The SMILES string of the molecule is CC(=O)N[C@H](Cc1ccc2ccccc2c1)C(=O)N[C@H](Cc1ccc(Cl)cc1)C(=O)N[C@H](Cc1cccnc1)C(=O)N[C@@H](CO)C(=O)N[C@@H](CCCCNC(=O)Cc1ccccn1)C(=O)N[C@H](CCCCNC(=O)c1ccccn1)C(=O)N[C@@H](CC(C)C)C(=O)N[C@@H](CCCCNC(C)C)C(=O)N1CCC[C@H]1C(=O)N[C@H](C)C(N)=O. The summed E-state index contributed by atoms with van der Waals surface area (Å²) in [6.45, 7) is 10.2. The summed E-state index contributed by atoms with van der Waals surface area (Å²) >= 11 is 6.27. The molecule has 7 rings (SSSR count). The largest absolute Gasteiger partial charge is 0.394 e. The standard InChI is InChI=1S/C83H110ClN17O14/c1-51(2)43-66(77(109)96-65(28-13-15-37-87-52(3)4)83(115)101-42-20-29-71(101)82(114)92-53(5)73(85)105)97-76(108)64(27-12-18-41-91-74(106)62-25-10-16-39-89-62)94-75(107)63(26-11-17-40-90-72(104)48-61-24-9-14-38-88-61)95-81(113)70(50-102)100-80(112)69(47-57-21-19-36-86-49-57)99-79(111)68(45-55-31-34-60(84)35-32-55)98-78(110)67(93-54(6)103)46-56-30-33-58-22-7-8-23-59(58)44-56/h7-10,14,16,19,21-25,30-36,38-39,44,49,51-53,63-71,87,102H,11-13,15,17-18,20,26-29,37,40-43,45-48,50H2,1-6H3,(H2,85,105)(H,90,104)(H,91,106)(H,92,114)(H,93,103)(H,94,107)(H,95,113)(H,96,109)(H,97,108)(H,98,110)(H,99,111)(H,100,112)/t53-,63+,64-,65+,66+,67-,68-,69-,70+,71+/m1/s1. The van der Waals surface area contributed by atoms with Gasteiger partial charge in [0.05, 0.1) is 13.0 Å². The van der Waals surface area contributed by atoms with Gasteiger partial charge >= 0.3 is 0 Å². The number of aliphatic hydroxyl groups excluding tert-OH is 1. The fourth-order valence-corrected chi connectivity index (χ4v) is 13.3. The summed E-state index contributed by atoms with van der Waals surface area (Å²) in [5.74, 6) is -9.69. The summed E-state index contributed by atoms with van der Waals surface area (Å²) in [4.78, 5) is 197. The van der Waals surface area contributed by atoms with Gasteiger partial charge in [-0.05, 0) is 166 Å². The van der Waals surface area contributed by atoms with Crippen molar-refractivity contribution in [3.05, 3.63) is 173 Å². The second-order valence-electron chi connectivity index (χ2n) is 29.5. The summed E-state index contributed by atoms with van der Waals surface area (Å²) in [5.41, 5.74) is 7.84. The number of pyridine rings is 3. The van der Waals surface area contributed by atoms with E-state index in [-0.39, 0.29) is 127 Å². The molecule has 0 unspecified atom stereocenters. The van der Waals surface area contributed by atoms with Gasteiger partial charge in [-0.15, -0.1) is 0 Å². The Balaban J connectivity index is 1.15. The van der Waals surface area contributed by atoms with Gasteiger partial charge in [0.25, 0.3) is 5.91 Å². The molecular formula is C83H110ClN17O14. The molecule has 32 heteroatoms. The Labute approximate surface area is 675 Å². The van der Waals surface area contributed by atoms with E-state index in [0.29, 0.717) is 53.2 Å². The van der Waals surface area contributed by atoms with Gasteiger partial charge in [0.2, 0.25) is 70.9 Å². The molecule has 1 aliphatic rings. The molecule has 4 heterocycles. The molecule has 13 amide bonds. The molecule has 1 fully saturated rings. The number of aliphatic hydroxyl groups is 1. The number of unbranched alkanes of at least 4 members (excludes halogenated alkanes) is 3. The number of benzene rings is 3. The molecule has 3 aromatic heterocycles. The maximum Gasteiger partial charge on any atom is 0.269 e. The predicted molar refractivity (Wildman–Crippen MR) is 432 cm³/mol. The van der Waals surface area contributed by atoms with Gasteiger partial charge in [-0.25, -0.2) is 0 Å². The van der Waals surface area contributed by atoms with Crippen LogP contribution in [0.15, 0.2) is 140 Å². The van der Waals surface area contributed by atoms with Crippen LogP contribution in [0.2, 0.25) is 5.02 Å². The van der Waals surface area contributed by atoms with Crippen molar-refractivity contribution < 1.29 is 67.4 Å². The van der Waals surface area contributed by atoms with Gasteiger partial charge in [-0.1, -0.05) is 112 Å². The topological polar surface area (TPSA) is 454 Å². The molecule has 6 aromatic rings. The van der Waals surface area contributed by atoms with Crippen molar-refractivity contribution in [3.8, 4) is 0 Å². The maximum absolute atomic E-state index is 15.2. The number of carbonyl (C=O) groups is 13. The zero-order chi connectivity index (χ0) is 83.3. The quantitative estimate of drug-likeness (QED) is 0.0244. The first kappa shape index (κ1) is 90.9. The van der Waals surface area contributed by atoms with Crippen molar-refractivity contribution in [1.82, 2.24) is 83.7 Å². The first-order valence-electron chi connectivity index (χ1n) is 39.3. The van der Waals surface area contributed by atoms with E-state index < -0.39 is 138 Å². The molecule has 31 nitrogen and oxygen atoms in total. The van der Waals surface area contributed by atoms with Crippen LogP contribution in [-0.2, 0) is 83.2 Å². The molecule has 1 aliphatic heterocycles. The average Bonchev–Trinajstić information content (AvgIpc) is 1.75. The van der Waals surface area contributed by atoms with Crippen LogP contribution in [-0.4, -0.2) is 201 Å². The molecule has 0 aliphatic carbocycles. The van der Waals surface area contributed by atoms with Crippen LogP contribution < -0.4 is 69.5 Å². The average molecular weight is 1610 g/mol. The summed E-state index contributed by atoms with van der Waals surface area (Å²) in [6.07, 6.45) is 8.11. The number of nitrogens with one attached hydrogen (secondary N) is 12. The van der Waals surface area contributed by atoms with E-state index in [0.717, 1.165) is 10.8 Å². The van der Waals surface area contributed by atoms with Crippen LogP contribution in [0.4, 0.5) is 0 Å². The Morgan fingerprint density at radius 2 is 1.03 bits per heavy atom. The number of rotatable bonds is 47. The normalized spacial score (nSPS) is 14.9. The predicted octanol–water partition coefficient (Wildman–Crippen LogP) is 2.92. The third-order valence-electron chi connectivity index (χ3n) is 19.3. The van der Waals surface area contributed by atoms with E-state index in [1.165, 1.54) is 43.4 Å². The lowest BCUT2D eigenvalue weighted by Gasteiger charge is -2.31. The lowest BCUT2D eigenvalue weighted by Crippen LogP contribution is -2.61. The summed E-state index contributed by atoms with van der Waals surface area (Å²) in [5, 5.41) is 46.8. The highest BCUT2D eigenvalue weighted by Gasteiger charge is 2.40.